The fraction of sp³-hybridized carbons (Fsp3) is 0.308. The molecule has 1 unspecified atom stereocenters. The van der Waals surface area contributed by atoms with Crippen LogP contribution in [0, 0.1) is 0 Å². The van der Waals surface area contributed by atoms with Gasteiger partial charge >= 0.3 is 6.09 Å². The molecular weight excluding hydrogens is 340 g/mol. The van der Waals surface area contributed by atoms with Crippen LogP contribution in [0.1, 0.15) is 20.3 Å². The molecule has 0 aliphatic heterocycles. The summed E-state index contributed by atoms with van der Waals surface area (Å²) >= 11 is 0.747. The SMILES string of the molecule is CCC(C)NS(=O)(=O)c1nnc(NC(=O)Oc2ccccc2)s1. The Balaban J connectivity index is 2.00. The summed E-state index contributed by atoms with van der Waals surface area (Å²) in [7, 11) is -3.74. The molecule has 0 saturated carbocycles. The fourth-order valence-corrected chi connectivity index (χ4v) is 3.70. The number of para-hydroxylation sites is 1. The molecule has 1 aromatic heterocycles. The molecule has 10 heteroatoms. The van der Waals surface area contributed by atoms with E-state index in [1.165, 1.54) is 0 Å². The predicted molar refractivity (Wildman–Crippen MR) is 86.1 cm³/mol. The molecule has 0 saturated heterocycles. The van der Waals surface area contributed by atoms with E-state index in [1.807, 2.05) is 6.92 Å². The molecular formula is C13H16N4O4S2. The Labute approximate surface area is 137 Å². The molecule has 1 aromatic carbocycles. The number of benzene rings is 1. The maximum Gasteiger partial charge on any atom is 0.418 e. The largest absolute Gasteiger partial charge is 0.418 e. The highest BCUT2D eigenvalue weighted by Gasteiger charge is 2.22. The van der Waals surface area contributed by atoms with Crippen LogP contribution in [-0.4, -0.2) is 30.8 Å². The molecule has 124 valence electrons. The number of ether oxygens (including phenoxy) is 1. The van der Waals surface area contributed by atoms with Crippen molar-refractivity contribution in [3.63, 3.8) is 0 Å². The second-order valence-corrected chi connectivity index (χ2v) is 7.50. The zero-order valence-corrected chi connectivity index (χ0v) is 14.1. The van der Waals surface area contributed by atoms with Crippen molar-refractivity contribution in [1.82, 2.24) is 14.9 Å². The van der Waals surface area contributed by atoms with Crippen LogP contribution in [0.25, 0.3) is 0 Å². The van der Waals surface area contributed by atoms with Gasteiger partial charge in [0.1, 0.15) is 5.75 Å². The Kier molecular flexibility index (Phi) is 5.64. The van der Waals surface area contributed by atoms with Gasteiger partial charge in [0.05, 0.1) is 0 Å². The number of sulfonamides is 1. The van der Waals surface area contributed by atoms with Crippen molar-refractivity contribution >= 4 is 32.6 Å². The van der Waals surface area contributed by atoms with Crippen molar-refractivity contribution in [3.8, 4) is 5.75 Å². The lowest BCUT2D eigenvalue weighted by Crippen LogP contribution is -2.31. The van der Waals surface area contributed by atoms with Gasteiger partial charge in [-0.15, -0.1) is 10.2 Å². The molecule has 1 amide bonds. The summed E-state index contributed by atoms with van der Waals surface area (Å²) in [5.41, 5.74) is 0. The van der Waals surface area contributed by atoms with Gasteiger partial charge < -0.3 is 4.74 Å². The molecule has 2 N–H and O–H groups in total. The number of hydrogen-bond acceptors (Lipinski definition) is 7. The number of nitrogens with one attached hydrogen (secondary N) is 2. The van der Waals surface area contributed by atoms with E-state index >= 15 is 0 Å². The molecule has 0 bridgehead atoms. The van der Waals surface area contributed by atoms with Gasteiger partial charge in [0.15, 0.2) is 0 Å². The Morgan fingerprint density at radius 3 is 2.65 bits per heavy atom. The number of hydrogen-bond donors (Lipinski definition) is 2. The summed E-state index contributed by atoms with van der Waals surface area (Å²) < 4.78 is 31.4. The summed E-state index contributed by atoms with van der Waals surface area (Å²) in [5, 5.41) is 9.60. The Bertz CT molecular complexity index is 761. The zero-order chi connectivity index (χ0) is 16.9. The van der Waals surface area contributed by atoms with Crippen molar-refractivity contribution in [2.75, 3.05) is 5.32 Å². The van der Waals surface area contributed by atoms with E-state index in [-0.39, 0.29) is 15.5 Å². The first-order valence-corrected chi connectivity index (χ1v) is 9.10. The van der Waals surface area contributed by atoms with Gasteiger partial charge in [-0.25, -0.2) is 17.9 Å². The van der Waals surface area contributed by atoms with Crippen LogP contribution in [0.5, 0.6) is 5.75 Å². The number of carbonyl (C=O) groups is 1. The lowest BCUT2D eigenvalue weighted by molar-refractivity contribution is 0.215. The summed E-state index contributed by atoms with van der Waals surface area (Å²) in [6.45, 7) is 3.61. The first-order valence-electron chi connectivity index (χ1n) is 6.80. The molecule has 8 nitrogen and oxygen atoms in total. The van der Waals surface area contributed by atoms with Crippen LogP contribution in [0.3, 0.4) is 0 Å². The third-order valence-corrected chi connectivity index (χ3v) is 5.56. The molecule has 23 heavy (non-hydrogen) atoms. The minimum Gasteiger partial charge on any atom is -0.410 e. The highest BCUT2D eigenvalue weighted by molar-refractivity contribution is 7.91. The lowest BCUT2D eigenvalue weighted by Gasteiger charge is -2.08. The maximum absolute atomic E-state index is 12.0. The van der Waals surface area contributed by atoms with Crippen LogP contribution in [0.4, 0.5) is 9.93 Å². The Hall–Kier alpha value is -2.04. The number of amides is 1. The lowest BCUT2D eigenvalue weighted by atomic mass is 10.3. The van der Waals surface area contributed by atoms with Crippen molar-refractivity contribution in [3.05, 3.63) is 30.3 Å². The fourth-order valence-electron chi connectivity index (χ4n) is 1.48. The average Bonchev–Trinajstić information content (AvgIpc) is 2.97. The van der Waals surface area contributed by atoms with Crippen molar-refractivity contribution in [2.45, 2.75) is 30.6 Å². The van der Waals surface area contributed by atoms with Crippen LogP contribution >= 0.6 is 11.3 Å². The smallest absolute Gasteiger partial charge is 0.410 e. The first kappa shape index (κ1) is 17.3. The molecule has 0 spiro atoms. The normalized spacial score (nSPS) is 12.6. The zero-order valence-electron chi connectivity index (χ0n) is 12.5. The van der Waals surface area contributed by atoms with Crippen molar-refractivity contribution in [2.24, 2.45) is 0 Å². The van der Waals surface area contributed by atoms with E-state index in [2.05, 4.69) is 20.2 Å². The molecule has 0 aliphatic carbocycles. The molecule has 1 atom stereocenters. The van der Waals surface area contributed by atoms with Crippen LogP contribution in [0.2, 0.25) is 0 Å². The molecule has 2 aromatic rings. The Morgan fingerprint density at radius 2 is 2.00 bits per heavy atom. The van der Waals surface area contributed by atoms with E-state index in [0.717, 1.165) is 11.3 Å². The second kappa shape index (κ2) is 7.49. The van der Waals surface area contributed by atoms with E-state index in [1.54, 1.807) is 37.3 Å². The van der Waals surface area contributed by atoms with Gasteiger partial charge in [0, 0.05) is 6.04 Å². The van der Waals surface area contributed by atoms with Crippen molar-refractivity contribution in [1.29, 1.82) is 0 Å². The third kappa shape index (κ3) is 4.98. The summed E-state index contributed by atoms with van der Waals surface area (Å²) in [5.74, 6) is 0.362. The number of rotatable bonds is 6. The van der Waals surface area contributed by atoms with E-state index in [0.29, 0.717) is 12.2 Å². The van der Waals surface area contributed by atoms with Crippen LogP contribution in [0.15, 0.2) is 34.7 Å². The quantitative estimate of drug-likeness (QED) is 0.768. The summed E-state index contributed by atoms with van der Waals surface area (Å²) in [6.07, 6.45) is -0.127. The van der Waals surface area contributed by atoms with Gasteiger partial charge in [0.25, 0.3) is 10.0 Å². The molecule has 1 heterocycles. The molecule has 0 aliphatic rings. The van der Waals surface area contributed by atoms with Gasteiger partial charge in [-0.05, 0) is 25.5 Å². The summed E-state index contributed by atoms with van der Waals surface area (Å²) in [4.78, 5) is 11.7. The first-order chi connectivity index (χ1) is 10.9. The average molecular weight is 356 g/mol. The predicted octanol–water partition coefficient (Wildman–Crippen LogP) is 2.23. The van der Waals surface area contributed by atoms with E-state index < -0.39 is 16.1 Å². The molecule has 0 radical (unpaired) electrons. The minimum absolute atomic E-state index is 0.0375. The Morgan fingerprint density at radius 1 is 1.30 bits per heavy atom. The number of carbonyl (C=O) groups excluding carboxylic acids is 1. The standard InChI is InChI=1S/C13H16N4O4S2/c1-3-9(2)17-23(19,20)13-16-15-11(22-13)14-12(18)21-10-7-5-4-6-8-10/h4-9,17H,3H2,1-2H3,(H,14,15,18). The van der Waals surface area contributed by atoms with Crippen LogP contribution < -0.4 is 14.8 Å². The number of nitrogens with zero attached hydrogens (tertiary/aromatic N) is 2. The second-order valence-electron chi connectivity index (χ2n) is 4.63. The van der Waals surface area contributed by atoms with Gasteiger partial charge in [-0.2, -0.15) is 0 Å². The summed E-state index contributed by atoms with van der Waals surface area (Å²) in [6, 6.07) is 8.24. The number of aromatic nitrogens is 2. The highest BCUT2D eigenvalue weighted by Crippen LogP contribution is 2.20. The minimum atomic E-state index is -3.74. The van der Waals surface area contributed by atoms with E-state index in [9.17, 15) is 13.2 Å². The van der Waals surface area contributed by atoms with Gasteiger partial charge in [0.2, 0.25) is 9.47 Å². The number of anilines is 1. The molecule has 2 rings (SSSR count). The van der Waals surface area contributed by atoms with Crippen molar-refractivity contribution < 1.29 is 17.9 Å². The third-order valence-electron chi connectivity index (χ3n) is 2.77. The van der Waals surface area contributed by atoms with Gasteiger partial charge in [-0.1, -0.05) is 36.5 Å². The maximum atomic E-state index is 12.0. The van der Waals surface area contributed by atoms with Crippen LogP contribution in [-0.2, 0) is 10.0 Å². The topological polar surface area (TPSA) is 110 Å². The molecule has 0 fully saturated rings. The van der Waals surface area contributed by atoms with Gasteiger partial charge in [-0.3, -0.25) is 5.32 Å². The monoisotopic (exact) mass is 356 g/mol. The highest BCUT2D eigenvalue weighted by atomic mass is 32.2. The van der Waals surface area contributed by atoms with E-state index in [4.69, 9.17) is 4.74 Å².